The number of hydrogen-bond acceptors (Lipinski definition) is 4. The Morgan fingerprint density at radius 3 is 1.92 bits per heavy atom. The lowest BCUT2D eigenvalue weighted by molar-refractivity contribution is -0.116. The fourth-order valence-corrected chi connectivity index (χ4v) is 5.00. The van der Waals surface area contributed by atoms with Gasteiger partial charge in [-0.2, -0.15) is 4.31 Å². The molecule has 0 aliphatic carbocycles. The van der Waals surface area contributed by atoms with E-state index in [1.165, 1.54) is 24.3 Å². The van der Waals surface area contributed by atoms with Crippen molar-refractivity contribution in [2.75, 3.05) is 11.9 Å². The molecule has 0 saturated heterocycles. The molecule has 4 rings (SSSR count). The third-order valence-corrected chi connectivity index (χ3v) is 7.47. The summed E-state index contributed by atoms with van der Waals surface area (Å²) in [7, 11) is -3.99. The number of amides is 1. The molecular formula is C27H22Cl2N2O4S. The van der Waals surface area contributed by atoms with Crippen LogP contribution in [0.5, 0.6) is 11.5 Å². The van der Waals surface area contributed by atoms with Gasteiger partial charge in [0.2, 0.25) is 15.9 Å². The maximum Gasteiger partial charge on any atom is 0.243 e. The number of carbonyl (C=O) groups is 1. The number of hydrogen-bond donors (Lipinski definition) is 1. The van der Waals surface area contributed by atoms with E-state index in [1.807, 2.05) is 30.3 Å². The van der Waals surface area contributed by atoms with Gasteiger partial charge in [-0.25, -0.2) is 8.42 Å². The minimum atomic E-state index is -3.99. The number of nitrogens with zero attached hydrogens (tertiary/aromatic N) is 1. The molecule has 6 nitrogen and oxygen atoms in total. The molecule has 184 valence electrons. The predicted molar refractivity (Wildman–Crippen MR) is 142 cm³/mol. The minimum absolute atomic E-state index is 0.0145. The third kappa shape index (κ3) is 6.86. The predicted octanol–water partition coefficient (Wildman–Crippen LogP) is 6.62. The zero-order chi connectivity index (χ0) is 25.5. The summed E-state index contributed by atoms with van der Waals surface area (Å²) in [5, 5.41) is 3.69. The molecule has 0 fully saturated rings. The van der Waals surface area contributed by atoms with Crippen molar-refractivity contribution in [3.05, 3.63) is 119 Å². The van der Waals surface area contributed by atoms with Crippen LogP contribution >= 0.6 is 23.2 Å². The highest BCUT2D eigenvalue weighted by molar-refractivity contribution is 7.89. The number of anilines is 1. The third-order valence-electron chi connectivity index (χ3n) is 5.16. The van der Waals surface area contributed by atoms with Gasteiger partial charge < -0.3 is 10.1 Å². The van der Waals surface area contributed by atoms with Crippen LogP contribution in [0.15, 0.2) is 108 Å². The van der Waals surface area contributed by atoms with Crippen LogP contribution in [-0.4, -0.2) is 25.2 Å². The van der Waals surface area contributed by atoms with Crippen LogP contribution in [0.1, 0.15) is 5.56 Å². The minimum Gasteiger partial charge on any atom is -0.457 e. The number of nitrogens with one attached hydrogen (secondary N) is 1. The topological polar surface area (TPSA) is 75.7 Å². The van der Waals surface area contributed by atoms with E-state index < -0.39 is 22.5 Å². The molecule has 0 aliphatic heterocycles. The van der Waals surface area contributed by atoms with Crippen molar-refractivity contribution in [1.82, 2.24) is 4.31 Å². The highest BCUT2D eigenvalue weighted by atomic mass is 35.5. The van der Waals surface area contributed by atoms with E-state index in [2.05, 4.69) is 5.32 Å². The summed E-state index contributed by atoms with van der Waals surface area (Å²) >= 11 is 11.9. The fourth-order valence-electron chi connectivity index (χ4n) is 3.37. The largest absolute Gasteiger partial charge is 0.457 e. The van der Waals surface area contributed by atoms with Crippen LogP contribution in [0, 0.1) is 0 Å². The molecule has 0 bridgehead atoms. The summed E-state index contributed by atoms with van der Waals surface area (Å²) in [5.74, 6) is 0.812. The summed E-state index contributed by atoms with van der Waals surface area (Å²) in [6.45, 7) is -0.407. The quantitative estimate of drug-likeness (QED) is 0.259. The zero-order valence-corrected chi connectivity index (χ0v) is 21.3. The Hall–Kier alpha value is -3.36. The van der Waals surface area contributed by atoms with Gasteiger partial charge in [-0.3, -0.25) is 4.79 Å². The van der Waals surface area contributed by atoms with Gasteiger partial charge in [0.15, 0.2) is 0 Å². The van der Waals surface area contributed by atoms with E-state index >= 15 is 0 Å². The maximum absolute atomic E-state index is 13.4. The Morgan fingerprint density at radius 2 is 1.31 bits per heavy atom. The normalized spacial score (nSPS) is 11.3. The Bertz CT molecular complexity index is 1410. The monoisotopic (exact) mass is 540 g/mol. The number of sulfonamides is 1. The lowest BCUT2D eigenvalue weighted by Gasteiger charge is -2.22. The molecule has 36 heavy (non-hydrogen) atoms. The van der Waals surface area contributed by atoms with E-state index in [0.29, 0.717) is 32.8 Å². The van der Waals surface area contributed by atoms with Crippen LogP contribution in [0.25, 0.3) is 0 Å². The van der Waals surface area contributed by atoms with E-state index in [-0.39, 0.29) is 11.4 Å². The summed E-state index contributed by atoms with van der Waals surface area (Å²) in [6, 6.07) is 28.7. The first-order chi connectivity index (χ1) is 17.3. The zero-order valence-electron chi connectivity index (χ0n) is 19.0. The number of rotatable bonds is 9. The second kappa shape index (κ2) is 11.6. The van der Waals surface area contributed by atoms with E-state index in [4.69, 9.17) is 27.9 Å². The summed E-state index contributed by atoms with van der Waals surface area (Å²) < 4.78 is 33.6. The Labute approximate surface area is 220 Å². The highest BCUT2D eigenvalue weighted by Crippen LogP contribution is 2.24. The van der Waals surface area contributed by atoms with Gasteiger partial charge in [0.05, 0.1) is 11.4 Å². The molecular weight excluding hydrogens is 519 g/mol. The van der Waals surface area contributed by atoms with E-state index in [0.717, 1.165) is 4.31 Å². The van der Waals surface area contributed by atoms with Crippen molar-refractivity contribution in [3.63, 3.8) is 0 Å². The molecule has 1 N–H and O–H groups in total. The SMILES string of the molecule is O=C(CN(Cc1ccc(Cl)cc1)S(=O)(=O)c1ccc(Cl)cc1)Nc1ccc(Oc2ccccc2)cc1. The summed E-state index contributed by atoms with van der Waals surface area (Å²) in [5.41, 5.74) is 1.20. The molecule has 0 aromatic heterocycles. The van der Waals surface area contributed by atoms with Gasteiger partial charge in [0.1, 0.15) is 11.5 Å². The van der Waals surface area contributed by atoms with Crippen LogP contribution in [0.4, 0.5) is 5.69 Å². The smallest absolute Gasteiger partial charge is 0.243 e. The van der Waals surface area contributed by atoms with E-state index in [1.54, 1.807) is 48.5 Å². The van der Waals surface area contributed by atoms with Crippen molar-refractivity contribution in [2.24, 2.45) is 0 Å². The van der Waals surface area contributed by atoms with Gasteiger partial charge in [0, 0.05) is 22.3 Å². The number of halogens is 2. The van der Waals surface area contributed by atoms with Gasteiger partial charge in [-0.05, 0) is 78.4 Å². The Balaban J connectivity index is 1.49. The molecule has 9 heteroatoms. The summed E-state index contributed by atoms with van der Waals surface area (Å²) in [6.07, 6.45) is 0. The Kier molecular flexibility index (Phi) is 8.28. The molecule has 4 aromatic carbocycles. The molecule has 0 spiro atoms. The van der Waals surface area contributed by atoms with Gasteiger partial charge in [-0.15, -0.1) is 0 Å². The first kappa shape index (κ1) is 25.7. The van der Waals surface area contributed by atoms with Crippen molar-refractivity contribution in [3.8, 4) is 11.5 Å². The summed E-state index contributed by atoms with van der Waals surface area (Å²) in [4.78, 5) is 12.9. The molecule has 4 aromatic rings. The molecule has 0 atom stereocenters. The second-order valence-electron chi connectivity index (χ2n) is 7.84. The standard InChI is InChI=1S/C27H22Cl2N2O4S/c28-21-8-6-20(7-9-21)18-31(36(33,34)26-16-10-22(29)11-17-26)19-27(32)30-23-12-14-25(15-13-23)35-24-4-2-1-3-5-24/h1-17H,18-19H2,(H,30,32). The molecule has 0 radical (unpaired) electrons. The molecule has 0 saturated carbocycles. The molecule has 0 unspecified atom stereocenters. The highest BCUT2D eigenvalue weighted by Gasteiger charge is 2.27. The number of benzene rings is 4. The first-order valence-electron chi connectivity index (χ1n) is 10.9. The van der Waals surface area contributed by atoms with Crippen LogP contribution < -0.4 is 10.1 Å². The first-order valence-corrected chi connectivity index (χ1v) is 13.1. The van der Waals surface area contributed by atoms with Crippen molar-refractivity contribution in [2.45, 2.75) is 11.4 Å². The van der Waals surface area contributed by atoms with Gasteiger partial charge >= 0.3 is 0 Å². The maximum atomic E-state index is 13.4. The number of ether oxygens (including phenoxy) is 1. The van der Waals surface area contributed by atoms with Crippen LogP contribution in [0.2, 0.25) is 10.0 Å². The second-order valence-corrected chi connectivity index (χ2v) is 10.7. The lowest BCUT2D eigenvalue weighted by atomic mass is 10.2. The van der Waals surface area contributed by atoms with Crippen molar-refractivity contribution in [1.29, 1.82) is 0 Å². The Morgan fingerprint density at radius 1 is 0.750 bits per heavy atom. The van der Waals surface area contributed by atoms with Crippen LogP contribution in [-0.2, 0) is 21.4 Å². The lowest BCUT2D eigenvalue weighted by Crippen LogP contribution is -2.37. The number of para-hydroxylation sites is 1. The van der Waals surface area contributed by atoms with Crippen molar-refractivity contribution >= 4 is 44.8 Å². The number of carbonyl (C=O) groups excluding carboxylic acids is 1. The molecule has 0 aliphatic rings. The van der Waals surface area contributed by atoms with Crippen molar-refractivity contribution < 1.29 is 17.9 Å². The van der Waals surface area contributed by atoms with Crippen LogP contribution in [0.3, 0.4) is 0 Å². The fraction of sp³-hybridized carbons (Fsp3) is 0.0741. The average molecular weight is 541 g/mol. The molecule has 1 amide bonds. The van der Waals surface area contributed by atoms with Gasteiger partial charge in [0.25, 0.3) is 0 Å². The van der Waals surface area contributed by atoms with Gasteiger partial charge in [-0.1, -0.05) is 53.5 Å². The van der Waals surface area contributed by atoms with E-state index in [9.17, 15) is 13.2 Å². The molecule has 0 heterocycles. The average Bonchev–Trinajstić information content (AvgIpc) is 2.87.